The van der Waals surface area contributed by atoms with Crippen LogP contribution in [0.4, 0.5) is 18.9 Å². The number of rotatable bonds is 4. The van der Waals surface area contributed by atoms with E-state index >= 15 is 0 Å². The van der Waals surface area contributed by atoms with Gasteiger partial charge in [-0.25, -0.2) is 13.2 Å². The Morgan fingerprint density at radius 1 is 1.33 bits per heavy atom. The third-order valence-electron chi connectivity index (χ3n) is 2.54. The highest BCUT2D eigenvalue weighted by Crippen LogP contribution is 2.19. The van der Waals surface area contributed by atoms with E-state index in [0.29, 0.717) is 6.07 Å². The molecule has 1 amide bonds. The maximum atomic E-state index is 13.3. The van der Waals surface area contributed by atoms with Gasteiger partial charge in [-0.3, -0.25) is 4.79 Å². The summed E-state index contributed by atoms with van der Waals surface area (Å²) in [5.41, 5.74) is 5.15. The standard InChI is InChI=1S/C12H15F3N2O/c1-6(2)9(16)5-11(18)17-10-4-7(13)3-8(14)12(10)15/h3-4,6,9H,5,16H2,1-2H3,(H,17,18). The molecule has 1 aromatic rings. The van der Waals surface area contributed by atoms with Crippen LogP contribution in [-0.4, -0.2) is 11.9 Å². The molecule has 100 valence electrons. The van der Waals surface area contributed by atoms with Crippen LogP contribution in [0.5, 0.6) is 0 Å². The van der Waals surface area contributed by atoms with Crippen LogP contribution >= 0.6 is 0 Å². The molecular weight excluding hydrogens is 245 g/mol. The third-order valence-corrected chi connectivity index (χ3v) is 2.54. The van der Waals surface area contributed by atoms with Gasteiger partial charge in [-0.2, -0.15) is 0 Å². The average molecular weight is 260 g/mol. The largest absolute Gasteiger partial charge is 0.327 e. The minimum atomic E-state index is -1.35. The molecule has 0 radical (unpaired) electrons. The average Bonchev–Trinajstić information content (AvgIpc) is 2.24. The maximum Gasteiger partial charge on any atom is 0.226 e. The lowest BCUT2D eigenvalue weighted by atomic mass is 10.0. The van der Waals surface area contributed by atoms with E-state index in [1.807, 2.05) is 13.8 Å². The van der Waals surface area contributed by atoms with Crippen molar-refractivity contribution < 1.29 is 18.0 Å². The van der Waals surface area contributed by atoms with Gasteiger partial charge in [-0.1, -0.05) is 13.8 Å². The highest BCUT2D eigenvalue weighted by molar-refractivity contribution is 5.91. The number of anilines is 1. The fourth-order valence-electron chi connectivity index (χ4n) is 1.30. The van der Waals surface area contributed by atoms with Crippen molar-refractivity contribution >= 4 is 11.6 Å². The van der Waals surface area contributed by atoms with E-state index in [1.165, 1.54) is 0 Å². The Bertz CT molecular complexity index is 449. The van der Waals surface area contributed by atoms with Gasteiger partial charge in [0.2, 0.25) is 5.91 Å². The van der Waals surface area contributed by atoms with Crippen LogP contribution < -0.4 is 11.1 Å². The minimum Gasteiger partial charge on any atom is -0.327 e. The molecule has 18 heavy (non-hydrogen) atoms. The summed E-state index contributed by atoms with van der Waals surface area (Å²) in [5.74, 6) is -4.11. The van der Waals surface area contributed by atoms with Crippen molar-refractivity contribution in [2.75, 3.05) is 5.32 Å². The smallest absolute Gasteiger partial charge is 0.226 e. The van der Waals surface area contributed by atoms with Crippen molar-refractivity contribution in [3.05, 3.63) is 29.6 Å². The first-order valence-electron chi connectivity index (χ1n) is 5.51. The highest BCUT2D eigenvalue weighted by atomic mass is 19.2. The summed E-state index contributed by atoms with van der Waals surface area (Å²) in [6.45, 7) is 3.67. The number of nitrogens with one attached hydrogen (secondary N) is 1. The number of nitrogens with two attached hydrogens (primary N) is 1. The molecule has 1 rings (SSSR count). The van der Waals surface area contributed by atoms with Crippen molar-refractivity contribution in [1.82, 2.24) is 0 Å². The van der Waals surface area contributed by atoms with E-state index < -0.39 is 35.1 Å². The molecule has 0 bridgehead atoms. The molecule has 0 spiro atoms. The van der Waals surface area contributed by atoms with Crippen molar-refractivity contribution in [1.29, 1.82) is 0 Å². The van der Waals surface area contributed by atoms with Gasteiger partial charge in [-0.05, 0) is 5.92 Å². The Morgan fingerprint density at radius 2 is 1.94 bits per heavy atom. The van der Waals surface area contributed by atoms with E-state index in [-0.39, 0.29) is 12.3 Å². The van der Waals surface area contributed by atoms with E-state index in [0.717, 1.165) is 6.07 Å². The number of benzene rings is 1. The summed E-state index contributed by atoms with van der Waals surface area (Å²) in [4.78, 5) is 11.5. The van der Waals surface area contributed by atoms with Gasteiger partial charge in [0.25, 0.3) is 0 Å². The second-order valence-electron chi connectivity index (χ2n) is 4.41. The van der Waals surface area contributed by atoms with Crippen LogP contribution in [0.15, 0.2) is 12.1 Å². The molecule has 1 aromatic carbocycles. The molecule has 3 N–H and O–H groups in total. The number of hydrogen-bond acceptors (Lipinski definition) is 2. The van der Waals surface area contributed by atoms with Gasteiger partial charge < -0.3 is 11.1 Å². The Hall–Kier alpha value is -1.56. The van der Waals surface area contributed by atoms with Crippen LogP contribution in [0.3, 0.4) is 0 Å². The third kappa shape index (κ3) is 3.73. The van der Waals surface area contributed by atoms with Gasteiger partial charge in [0.15, 0.2) is 11.6 Å². The molecule has 0 aliphatic carbocycles. The Labute approximate surface area is 103 Å². The molecule has 0 aliphatic heterocycles. The summed E-state index contributed by atoms with van der Waals surface area (Å²) in [6, 6.07) is 0.730. The van der Waals surface area contributed by atoms with Crippen molar-refractivity contribution in [3.63, 3.8) is 0 Å². The fraction of sp³-hybridized carbons (Fsp3) is 0.417. The molecule has 6 heteroatoms. The fourth-order valence-corrected chi connectivity index (χ4v) is 1.30. The zero-order valence-electron chi connectivity index (χ0n) is 10.1. The molecule has 1 atom stereocenters. The summed E-state index contributed by atoms with van der Waals surface area (Å²) in [7, 11) is 0. The van der Waals surface area contributed by atoms with Gasteiger partial charge in [-0.15, -0.1) is 0 Å². The number of carbonyl (C=O) groups is 1. The van der Waals surface area contributed by atoms with Crippen LogP contribution in [-0.2, 0) is 4.79 Å². The van der Waals surface area contributed by atoms with Gasteiger partial charge in [0, 0.05) is 24.6 Å². The molecule has 1 unspecified atom stereocenters. The zero-order chi connectivity index (χ0) is 13.9. The number of amides is 1. The van der Waals surface area contributed by atoms with Crippen molar-refractivity contribution in [3.8, 4) is 0 Å². The predicted molar refractivity (Wildman–Crippen MR) is 62.4 cm³/mol. The second kappa shape index (κ2) is 5.86. The highest BCUT2D eigenvalue weighted by Gasteiger charge is 2.16. The summed E-state index contributed by atoms with van der Waals surface area (Å²) in [5, 5.41) is 2.10. The van der Waals surface area contributed by atoms with Gasteiger partial charge >= 0.3 is 0 Å². The summed E-state index contributed by atoms with van der Waals surface area (Å²) >= 11 is 0. The molecule has 0 aliphatic rings. The van der Waals surface area contributed by atoms with Crippen LogP contribution in [0, 0.1) is 23.4 Å². The topological polar surface area (TPSA) is 55.1 Å². The Morgan fingerprint density at radius 3 is 2.50 bits per heavy atom. The first-order valence-corrected chi connectivity index (χ1v) is 5.51. The van der Waals surface area contributed by atoms with E-state index in [9.17, 15) is 18.0 Å². The van der Waals surface area contributed by atoms with Crippen LogP contribution in [0.25, 0.3) is 0 Å². The SMILES string of the molecule is CC(C)C(N)CC(=O)Nc1cc(F)cc(F)c1F. The molecule has 3 nitrogen and oxygen atoms in total. The quantitative estimate of drug-likeness (QED) is 0.817. The number of halogens is 3. The zero-order valence-corrected chi connectivity index (χ0v) is 10.1. The Balaban J connectivity index is 2.76. The van der Waals surface area contributed by atoms with Crippen LogP contribution in [0.1, 0.15) is 20.3 Å². The second-order valence-corrected chi connectivity index (χ2v) is 4.41. The van der Waals surface area contributed by atoms with E-state index in [1.54, 1.807) is 0 Å². The molecule has 0 heterocycles. The normalized spacial score (nSPS) is 12.6. The lowest BCUT2D eigenvalue weighted by Crippen LogP contribution is -2.31. The van der Waals surface area contributed by atoms with Crippen molar-refractivity contribution in [2.45, 2.75) is 26.3 Å². The Kier molecular flexibility index (Phi) is 4.72. The lowest BCUT2D eigenvalue weighted by molar-refractivity contribution is -0.116. The summed E-state index contributed by atoms with van der Waals surface area (Å²) < 4.78 is 39.0. The number of carbonyl (C=O) groups excluding carboxylic acids is 1. The van der Waals surface area contributed by atoms with Gasteiger partial charge in [0.1, 0.15) is 5.82 Å². The molecule has 0 saturated carbocycles. The van der Waals surface area contributed by atoms with Gasteiger partial charge in [0.05, 0.1) is 5.69 Å². The molecular formula is C12H15F3N2O. The minimum absolute atomic E-state index is 0.0464. The first-order chi connectivity index (χ1) is 8.31. The molecule has 0 aromatic heterocycles. The van der Waals surface area contributed by atoms with E-state index in [2.05, 4.69) is 5.32 Å². The van der Waals surface area contributed by atoms with Crippen LogP contribution in [0.2, 0.25) is 0 Å². The molecule has 0 fully saturated rings. The molecule has 0 saturated heterocycles. The van der Waals surface area contributed by atoms with Crippen molar-refractivity contribution in [2.24, 2.45) is 11.7 Å². The van der Waals surface area contributed by atoms with E-state index in [4.69, 9.17) is 5.73 Å². The summed E-state index contributed by atoms with van der Waals surface area (Å²) in [6.07, 6.45) is -0.0464. The first kappa shape index (κ1) is 14.5. The maximum absolute atomic E-state index is 13.3. The monoisotopic (exact) mass is 260 g/mol. The lowest BCUT2D eigenvalue weighted by Gasteiger charge is -2.15. The predicted octanol–water partition coefficient (Wildman–Crippen LogP) is 2.42. The number of hydrogen-bond donors (Lipinski definition) is 2.